The van der Waals surface area contributed by atoms with Crippen LogP contribution in [0.1, 0.15) is 21.6 Å². The number of anilines is 2. The van der Waals surface area contributed by atoms with E-state index in [1.807, 2.05) is 30.3 Å². The number of nitrogens with zero attached hydrogens (tertiary/aromatic N) is 2. The van der Waals surface area contributed by atoms with Gasteiger partial charge in [-0.2, -0.15) is 5.26 Å². The predicted octanol–water partition coefficient (Wildman–Crippen LogP) is 4.47. The second-order valence-electron chi connectivity index (χ2n) is 5.52. The van der Waals surface area contributed by atoms with Crippen molar-refractivity contribution in [3.8, 4) is 6.07 Å². The Morgan fingerprint density at radius 3 is 2.42 bits per heavy atom. The maximum atomic E-state index is 12.2. The van der Waals surface area contributed by atoms with Gasteiger partial charge in [0.1, 0.15) is 5.69 Å². The summed E-state index contributed by atoms with van der Waals surface area (Å²) in [7, 11) is 0. The van der Waals surface area contributed by atoms with Crippen molar-refractivity contribution < 1.29 is 4.79 Å². The fourth-order valence-corrected chi connectivity index (χ4v) is 2.50. The zero-order valence-electron chi connectivity index (χ0n) is 13.7. The first-order chi connectivity index (χ1) is 12.7. The molecule has 3 rings (SSSR count). The molecule has 0 fully saturated rings. The minimum Gasteiger partial charge on any atom is -0.380 e. The first-order valence-corrected chi connectivity index (χ1v) is 8.28. The molecule has 0 bridgehead atoms. The van der Waals surface area contributed by atoms with Gasteiger partial charge in [-0.3, -0.25) is 4.79 Å². The Balaban J connectivity index is 1.60. The summed E-state index contributed by atoms with van der Waals surface area (Å²) in [5, 5.41) is 15.5. The van der Waals surface area contributed by atoms with Crippen molar-refractivity contribution in [1.82, 2.24) is 4.98 Å². The van der Waals surface area contributed by atoms with Crippen LogP contribution in [0.5, 0.6) is 0 Å². The van der Waals surface area contributed by atoms with Crippen LogP contribution in [0.25, 0.3) is 0 Å². The molecule has 0 aliphatic rings. The number of pyridine rings is 1. The molecule has 3 aromatic rings. The van der Waals surface area contributed by atoms with Gasteiger partial charge >= 0.3 is 0 Å². The Morgan fingerprint density at radius 2 is 1.77 bits per heavy atom. The molecule has 0 saturated heterocycles. The number of nitriles is 1. The standard InChI is InChI=1S/C20H15ClN4O/c21-18-4-2-1-3-15(18)12-23-17-9-10-19(24-13-17)20(26)25-16-7-5-14(11-22)6-8-16/h1-10,13,23H,12H2,(H,25,26). The Bertz CT molecular complexity index is 947. The minimum absolute atomic E-state index is 0.303. The lowest BCUT2D eigenvalue weighted by Gasteiger charge is -2.09. The number of nitrogens with one attached hydrogen (secondary N) is 2. The molecule has 0 unspecified atom stereocenters. The second kappa shape index (κ2) is 8.15. The normalized spacial score (nSPS) is 10.0. The highest BCUT2D eigenvalue weighted by Gasteiger charge is 2.08. The largest absolute Gasteiger partial charge is 0.380 e. The number of benzene rings is 2. The first kappa shape index (κ1) is 17.5. The van der Waals surface area contributed by atoms with E-state index in [2.05, 4.69) is 15.6 Å². The van der Waals surface area contributed by atoms with E-state index in [9.17, 15) is 4.79 Å². The van der Waals surface area contributed by atoms with Crippen LogP contribution in [0, 0.1) is 11.3 Å². The molecular weight excluding hydrogens is 348 g/mol. The molecule has 0 radical (unpaired) electrons. The molecule has 1 heterocycles. The van der Waals surface area contributed by atoms with Crippen molar-refractivity contribution in [2.45, 2.75) is 6.54 Å². The van der Waals surface area contributed by atoms with Gasteiger partial charge in [-0.05, 0) is 48.0 Å². The fourth-order valence-electron chi connectivity index (χ4n) is 2.30. The maximum Gasteiger partial charge on any atom is 0.274 e. The molecule has 5 nitrogen and oxygen atoms in total. The number of carbonyl (C=O) groups excluding carboxylic acids is 1. The summed E-state index contributed by atoms with van der Waals surface area (Å²) in [6.45, 7) is 0.568. The molecule has 0 atom stereocenters. The Kier molecular flexibility index (Phi) is 5.47. The number of carbonyl (C=O) groups is 1. The summed E-state index contributed by atoms with van der Waals surface area (Å²) in [6, 6.07) is 19.7. The molecular formula is C20H15ClN4O. The number of rotatable bonds is 5. The Labute approximate surface area is 156 Å². The van der Waals surface area contributed by atoms with E-state index >= 15 is 0 Å². The molecule has 1 aromatic heterocycles. The van der Waals surface area contributed by atoms with E-state index in [1.165, 1.54) is 0 Å². The van der Waals surface area contributed by atoms with Crippen LogP contribution in [-0.4, -0.2) is 10.9 Å². The van der Waals surface area contributed by atoms with Gasteiger partial charge in [0.05, 0.1) is 23.5 Å². The summed E-state index contributed by atoms with van der Waals surface area (Å²) in [4.78, 5) is 16.4. The van der Waals surface area contributed by atoms with Crippen molar-refractivity contribution in [3.63, 3.8) is 0 Å². The molecule has 128 valence electrons. The highest BCUT2D eigenvalue weighted by Crippen LogP contribution is 2.17. The summed E-state index contributed by atoms with van der Waals surface area (Å²) in [6.07, 6.45) is 1.60. The zero-order valence-corrected chi connectivity index (χ0v) is 14.5. The third kappa shape index (κ3) is 4.38. The topological polar surface area (TPSA) is 77.8 Å². The highest BCUT2D eigenvalue weighted by molar-refractivity contribution is 6.31. The van der Waals surface area contributed by atoms with Gasteiger partial charge in [0.15, 0.2) is 0 Å². The Hall–Kier alpha value is -3.36. The van der Waals surface area contributed by atoms with Crippen molar-refractivity contribution in [2.24, 2.45) is 0 Å². The number of halogens is 1. The molecule has 2 N–H and O–H groups in total. The van der Waals surface area contributed by atoms with E-state index in [0.29, 0.717) is 28.5 Å². The molecule has 0 spiro atoms. The van der Waals surface area contributed by atoms with Crippen LogP contribution >= 0.6 is 11.6 Å². The maximum absolute atomic E-state index is 12.2. The third-order valence-electron chi connectivity index (χ3n) is 3.71. The number of hydrogen-bond acceptors (Lipinski definition) is 4. The molecule has 26 heavy (non-hydrogen) atoms. The van der Waals surface area contributed by atoms with Crippen LogP contribution in [0.2, 0.25) is 5.02 Å². The van der Waals surface area contributed by atoms with Gasteiger partial charge in [0.2, 0.25) is 0 Å². The van der Waals surface area contributed by atoms with Crippen molar-refractivity contribution in [1.29, 1.82) is 5.26 Å². The lowest BCUT2D eigenvalue weighted by Crippen LogP contribution is -2.13. The number of amides is 1. The first-order valence-electron chi connectivity index (χ1n) is 7.90. The van der Waals surface area contributed by atoms with E-state index in [-0.39, 0.29) is 5.91 Å². The van der Waals surface area contributed by atoms with Crippen LogP contribution in [0.15, 0.2) is 66.9 Å². The van der Waals surface area contributed by atoms with E-state index in [4.69, 9.17) is 16.9 Å². The lowest BCUT2D eigenvalue weighted by atomic mass is 10.2. The lowest BCUT2D eigenvalue weighted by molar-refractivity contribution is 0.102. The smallest absolute Gasteiger partial charge is 0.274 e. The van der Waals surface area contributed by atoms with E-state index in [0.717, 1.165) is 11.3 Å². The van der Waals surface area contributed by atoms with Gasteiger partial charge < -0.3 is 10.6 Å². The molecule has 0 aliphatic carbocycles. The van der Waals surface area contributed by atoms with Gasteiger partial charge in [0, 0.05) is 17.3 Å². The van der Waals surface area contributed by atoms with Crippen LogP contribution in [-0.2, 0) is 6.54 Å². The van der Waals surface area contributed by atoms with Gasteiger partial charge in [-0.15, -0.1) is 0 Å². The van der Waals surface area contributed by atoms with Crippen LogP contribution in [0.4, 0.5) is 11.4 Å². The average Bonchev–Trinajstić information content (AvgIpc) is 2.68. The van der Waals surface area contributed by atoms with Gasteiger partial charge in [0.25, 0.3) is 5.91 Å². The van der Waals surface area contributed by atoms with Crippen LogP contribution in [0.3, 0.4) is 0 Å². The fraction of sp³-hybridized carbons (Fsp3) is 0.0500. The van der Waals surface area contributed by atoms with Gasteiger partial charge in [-0.25, -0.2) is 4.98 Å². The summed E-state index contributed by atoms with van der Waals surface area (Å²) < 4.78 is 0. The molecule has 0 aliphatic heterocycles. The quantitative estimate of drug-likeness (QED) is 0.701. The Morgan fingerprint density at radius 1 is 1.04 bits per heavy atom. The monoisotopic (exact) mass is 362 g/mol. The van der Waals surface area contributed by atoms with Crippen LogP contribution < -0.4 is 10.6 Å². The number of aromatic nitrogens is 1. The van der Waals surface area contributed by atoms with E-state index in [1.54, 1.807) is 42.6 Å². The molecule has 1 amide bonds. The minimum atomic E-state index is -0.313. The summed E-state index contributed by atoms with van der Waals surface area (Å²) in [5.74, 6) is -0.313. The van der Waals surface area contributed by atoms with E-state index < -0.39 is 0 Å². The molecule has 6 heteroatoms. The summed E-state index contributed by atoms with van der Waals surface area (Å²) in [5.41, 5.74) is 3.22. The zero-order chi connectivity index (χ0) is 18.4. The van der Waals surface area contributed by atoms with Crippen molar-refractivity contribution in [2.75, 3.05) is 10.6 Å². The van der Waals surface area contributed by atoms with Gasteiger partial charge in [-0.1, -0.05) is 29.8 Å². The van der Waals surface area contributed by atoms with Crippen molar-refractivity contribution in [3.05, 3.63) is 88.7 Å². The highest BCUT2D eigenvalue weighted by atomic mass is 35.5. The SMILES string of the molecule is N#Cc1ccc(NC(=O)c2ccc(NCc3ccccc3Cl)cn2)cc1. The second-order valence-corrected chi connectivity index (χ2v) is 5.93. The predicted molar refractivity (Wildman–Crippen MR) is 102 cm³/mol. The molecule has 2 aromatic carbocycles. The molecule has 0 saturated carbocycles. The summed E-state index contributed by atoms with van der Waals surface area (Å²) >= 11 is 6.13. The average molecular weight is 363 g/mol. The third-order valence-corrected chi connectivity index (χ3v) is 4.08. The van der Waals surface area contributed by atoms with Crippen molar-refractivity contribution >= 4 is 28.9 Å². The number of hydrogen-bond donors (Lipinski definition) is 2.